The second kappa shape index (κ2) is 9.33. The third-order valence-electron chi connectivity index (χ3n) is 5.11. The number of fused-ring (bicyclic) bond motifs is 1. The van der Waals surface area contributed by atoms with E-state index in [2.05, 4.69) is 10.3 Å². The molecule has 0 spiro atoms. The molecule has 164 valence electrons. The minimum atomic E-state index is -3.67. The molecule has 1 saturated heterocycles. The van der Waals surface area contributed by atoms with Crippen LogP contribution in [0.5, 0.6) is 5.75 Å². The quantitative estimate of drug-likeness (QED) is 0.549. The lowest BCUT2D eigenvalue weighted by Gasteiger charge is -2.19. The van der Waals surface area contributed by atoms with Crippen molar-refractivity contribution >= 4 is 43.2 Å². The number of benzene rings is 2. The van der Waals surface area contributed by atoms with Crippen molar-refractivity contribution in [1.82, 2.24) is 9.29 Å². The van der Waals surface area contributed by atoms with Gasteiger partial charge in [0.25, 0.3) is 0 Å². The van der Waals surface area contributed by atoms with Crippen molar-refractivity contribution in [1.29, 1.82) is 0 Å². The van der Waals surface area contributed by atoms with Crippen LogP contribution in [0.25, 0.3) is 10.2 Å². The van der Waals surface area contributed by atoms with Gasteiger partial charge in [-0.1, -0.05) is 12.1 Å². The van der Waals surface area contributed by atoms with Crippen LogP contribution < -0.4 is 10.1 Å². The average Bonchev–Trinajstić information content (AvgIpc) is 3.43. The molecule has 9 heteroatoms. The van der Waals surface area contributed by atoms with Gasteiger partial charge in [-0.05, 0) is 50.1 Å². The minimum absolute atomic E-state index is 0.0974. The minimum Gasteiger partial charge on any atom is -0.492 e. The number of hydrogen-bond acceptors (Lipinski definition) is 6. The molecular weight excluding hydrogens is 434 g/mol. The second-order valence-corrected chi connectivity index (χ2v) is 10.4. The Hall–Kier alpha value is -2.49. The van der Waals surface area contributed by atoms with E-state index < -0.39 is 10.0 Å². The maximum absolute atomic E-state index is 13.1. The summed E-state index contributed by atoms with van der Waals surface area (Å²) in [6.07, 6.45) is 2.50. The fourth-order valence-corrected chi connectivity index (χ4v) is 6.24. The molecule has 1 fully saturated rings. The summed E-state index contributed by atoms with van der Waals surface area (Å²) in [5.41, 5.74) is 1.38. The lowest BCUT2D eigenvalue weighted by atomic mass is 10.2. The van der Waals surface area contributed by atoms with E-state index in [4.69, 9.17) is 4.74 Å². The zero-order valence-corrected chi connectivity index (χ0v) is 19.0. The Morgan fingerprint density at radius 3 is 2.71 bits per heavy atom. The zero-order chi connectivity index (χ0) is 21.8. The van der Waals surface area contributed by atoms with Gasteiger partial charge in [-0.2, -0.15) is 4.31 Å². The number of aryl methyl sites for hydroxylation is 1. The molecule has 1 amide bonds. The van der Waals surface area contributed by atoms with Gasteiger partial charge >= 0.3 is 0 Å². The number of aromatic nitrogens is 1. The van der Waals surface area contributed by atoms with Crippen LogP contribution in [0.1, 0.15) is 31.2 Å². The highest BCUT2D eigenvalue weighted by Gasteiger charge is 2.30. The second-order valence-electron chi connectivity index (χ2n) is 7.33. The molecule has 0 aliphatic carbocycles. The number of amides is 1. The van der Waals surface area contributed by atoms with Crippen molar-refractivity contribution in [2.45, 2.75) is 37.5 Å². The molecule has 3 aromatic rings. The van der Waals surface area contributed by atoms with Gasteiger partial charge in [-0.25, -0.2) is 13.4 Å². The number of ether oxygens (including phenoxy) is 1. The standard InChI is InChI=1S/C22H25N3O4S2/c1-2-29-18-10-9-16(15-20(18)31(27,28)25-13-5-6-14-25)23-21(26)11-12-22-24-17-7-3-4-8-19(17)30-22/h3-4,7-10,15H,2,5-6,11-14H2,1H3,(H,23,26). The average molecular weight is 460 g/mol. The van der Waals surface area contributed by atoms with Gasteiger partial charge in [-0.15, -0.1) is 11.3 Å². The monoisotopic (exact) mass is 459 g/mol. The molecule has 0 unspecified atom stereocenters. The van der Waals surface area contributed by atoms with Crippen LogP contribution in [-0.2, 0) is 21.2 Å². The first-order valence-electron chi connectivity index (χ1n) is 10.4. The lowest BCUT2D eigenvalue weighted by molar-refractivity contribution is -0.116. The first kappa shape index (κ1) is 21.7. The Morgan fingerprint density at radius 1 is 1.19 bits per heavy atom. The summed E-state index contributed by atoms with van der Waals surface area (Å²) in [7, 11) is -3.67. The van der Waals surface area contributed by atoms with Gasteiger partial charge in [0.1, 0.15) is 10.6 Å². The normalized spacial score (nSPS) is 14.7. The SMILES string of the molecule is CCOc1ccc(NC(=O)CCc2nc3ccccc3s2)cc1S(=O)(=O)N1CCCC1. The Kier molecular flexibility index (Phi) is 6.54. The summed E-state index contributed by atoms with van der Waals surface area (Å²) in [5.74, 6) is 0.120. The molecule has 31 heavy (non-hydrogen) atoms. The highest BCUT2D eigenvalue weighted by atomic mass is 32.2. The van der Waals surface area contributed by atoms with Crippen molar-refractivity contribution in [3.63, 3.8) is 0 Å². The van der Waals surface area contributed by atoms with E-state index in [1.807, 2.05) is 31.2 Å². The van der Waals surface area contributed by atoms with Gasteiger partial charge in [0.05, 0.1) is 21.8 Å². The summed E-state index contributed by atoms with van der Waals surface area (Å²) in [5, 5.41) is 3.72. The van der Waals surface area contributed by atoms with Crippen molar-refractivity contribution < 1.29 is 17.9 Å². The van der Waals surface area contributed by atoms with E-state index in [1.165, 1.54) is 10.4 Å². The highest BCUT2D eigenvalue weighted by Crippen LogP contribution is 2.32. The van der Waals surface area contributed by atoms with E-state index in [-0.39, 0.29) is 17.2 Å². The smallest absolute Gasteiger partial charge is 0.246 e. The van der Waals surface area contributed by atoms with Crippen molar-refractivity contribution in [2.24, 2.45) is 0 Å². The van der Waals surface area contributed by atoms with Gasteiger partial charge in [0.15, 0.2) is 0 Å². The largest absolute Gasteiger partial charge is 0.492 e. The van der Waals surface area contributed by atoms with Crippen LogP contribution in [0.3, 0.4) is 0 Å². The summed E-state index contributed by atoms with van der Waals surface area (Å²) in [6.45, 7) is 3.18. The molecule has 2 aromatic carbocycles. The molecule has 4 rings (SSSR count). The van der Waals surface area contributed by atoms with E-state index in [1.54, 1.807) is 23.5 Å². The van der Waals surface area contributed by atoms with Gasteiger partial charge in [-0.3, -0.25) is 4.79 Å². The van der Waals surface area contributed by atoms with Crippen LogP contribution in [-0.4, -0.2) is 43.3 Å². The van der Waals surface area contributed by atoms with Gasteiger partial charge in [0.2, 0.25) is 15.9 Å². The third-order valence-corrected chi connectivity index (χ3v) is 8.13. The predicted octanol–water partition coefficient (Wildman–Crippen LogP) is 4.05. The molecule has 1 N–H and O–H groups in total. The summed E-state index contributed by atoms with van der Waals surface area (Å²) in [6, 6.07) is 12.7. The van der Waals surface area contributed by atoms with Crippen LogP contribution >= 0.6 is 11.3 Å². The maximum atomic E-state index is 13.1. The Morgan fingerprint density at radius 2 is 1.97 bits per heavy atom. The van der Waals surface area contributed by atoms with Gasteiger partial charge < -0.3 is 10.1 Å². The number of nitrogens with zero attached hydrogens (tertiary/aromatic N) is 2. The number of thiazole rings is 1. The summed E-state index contributed by atoms with van der Waals surface area (Å²) in [4.78, 5) is 17.2. The number of carbonyl (C=O) groups excluding carboxylic acids is 1. The fraction of sp³-hybridized carbons (Fsp3) is 0.364. The fourth-order valence-electron chi connectivity index (χ4n) is 3.60. The molecule has 0 saturated carbocycles. The number of hydrogen-bond donors (Lipinski definition) is 1. The van der Waals surface area contributed by atoms with Crippen LogP contribution in [0.2, 0.25) is 0 Å². The molecule has 0 bridgehead atoms. The molecule has 1 aromatic heterocycles. The van der Waals surface area contributed by atoms with Crippen LogP contribution in [0.15, 0.2) is 47.4 Å². The highest BCUT2D eigenvalue weighted by molar-refractivity contribution is 7.89. The Labute approximate surface area is 186 Å². The van der Waals surface area contributed by atoms with Crippen molar-refractivity contribution in [3.8, 4) is 5.75 Å². The molecular formula is C22H25N3O4S2. The number of anilines is 1. The number of nitrogens with one attached hydrogen (secondary N) is 1. The van der Waals surface area contributed by atoms with Gasteiger partial charge in [0, 0.05) is 31.6 Å². The predicted molar refractivity (Wildman–Crippen MR) is 122 cm³/mol. The molecule has 7 nitrogen and oxygen atoms in total. The first-order valence-corrected chi connectivity index (χ1v) is 12.6. The van der Waals surface area contributed by atoms with Crippen LogP contribution in [0.4, 0.5) is 5.69 Å². The molecule has 2 heterocycles. The van der Waals surface area contributed by atoms with Crippen molar-refractivity contribution in [2.75, 3.05) is 25.0 Å². The zero-order valence-electron chi connectivity index (χ0n) is 17.3. The Balaban J connectivity index is 1.47. The number of rotatable bonds is 8. The molecule has 0 radical (unpaired) electrons. The molecule has 0 atom stereocenters. The summed E-state index contributed by atoms with van der Waals surface area (Å²) >= 11 is 1.58. The number of carbonyl (C=O) groups is 1. The lowest BCUT2D eigenvalue weighted by Crippen LogP contribution is -2.28. The number of para-hydroxylation sites is 1. The van der Waals surface area contributed by atoms with E-state index >= 15 is 0 Å². The van der Waals surface area contributed by atoms with E-state index in [9.17, 15) is 13.2 Å². The number of sulfonamides is 1. The summed E-state index contributed by atoms with van der Waals surface area (Å²) < 4.78 is 34.3. The van der Waals surface area contributed by atoms with E-state index in [0.29, 0.717) is 37.6 Å². The van der Waals surface area contributed by atoms with E-state index in [0.717, 1.165) is 28.1 Å². The third kappa shape index (κ3) is 4.89. The first-order chi connectivity index (χ1) is 15.0. The van der Waals surface area contributed by atoms with Crippen molar-refractivity contribution in [3.05, 3.63) is 47.5 Å². The topological polar surface area (TPSA) is 88.6 Å². The molecule has 1 aliphatic rings. The maximum Gasteiger partial charge on any atom is 0.246 e. The van der Waals surface area contributed by atoms with Crippen LogP contribution in [0, 0.1) is 0 Å². The molecule has 1 aliphatic heterocycles. The Bertz CT molecular complexity index is 1150.